The Hall–Kier alpha value is -1.68. The lowest BCUT2D eigenvalue weighted by Gasteiger charge is -2.31. The number of imidazole rings is 1. The van der Waals surface area contributed by atoms with E-state index >= 15 is 0 Å². The summed E-state index contributed by atoms with van der Waals surface area (Å²) in [6, 6.07) is 0. The van der Waals surface area contributed by atoms with Crippen LogP contribution in [0.3, 0.4) is 0 Å². The Balaban J connectivity index is 2.19. The number of ether oxygens (including phenoxy) is 1. The van der Waals surface area contributed by atoms with Gasteiger partial charge in [0.2, 0.25) is 5.79 Å². The highest BCUT2D eigenvalue weighted by Gasteiger charge is 2.66. The lowest BCUT2D eigenvalue weighted by atomic mass is 9.90. The van der Waals surface area contributed by atoms with Gasteiger partial charge >= 0.3 is 0 Å². The van der Waals surface area contributed by atoms with E-state index in [1.54, 1.807) is 6.92 Å². The molecule has 0 aromatic carbocycles. The van der Waals surface area contributed by atoms with Crippen LogP contribution in [0.15, 0.2) is 12.5 Å². The minimum atomic E-state index is -2.55. The van der Waals surface area contributed by atoms with Crippen LogP contribution < -0.4 is 0 Å². The summed E-state index contributed by atoms with van der Waals surface area (Å²) in [5.74, 6) is -2.49. The molecule has 0 unspecified atom stereocenters. The van der Waals surface area contributed by atoms with Gasteiger partial charge in [-0.25, -0.2) is 18.9 Å². The van der Waals surface area contributed by atoms with Gasteiger partial charge in [0.1, 0.15) is 24.2 Å². The Morgan fingerprint density at radius 2 is 2.19 bits per heavy atom. The molecule has 9 heteroatoms. The average Bonchev–Trinajstić information content (AvgIpc) is 2.95. The zero-order chi connectivity index (χ0) is 15.4. The number of hydrogen-bond acceptors (Lipinski definition) is 7. The minimum absolute atomic E-state index is 0.0806. The Morgan fingerprint density at radius 1 is 1.48 bits per heavy atom. The van der Waals surface area contributed by atoms with Gasteiger partial charge in [0.05, 0.1) is 18.5 Å². The van der Waals surface area contributed by atoms with Gasteiger partial charge in [0, 0.05) is 0 Å². The van der Waals surface area contributed by atoms with Crippen molar-refractivity contribution in [1.82, 2.24) is 19.6 Å². The first-order valence-corrected chi connectivity index (χ1v) is 6.36. The lowest BCUT2D eigenvalue weighted by molar-refractivity contribution is -0.256. The first-order chi connectivity index (χ1) is 9.83. The van der Waals surface area contributed by atoms with Crippen LogP contribution in [-0.2, 0) is 10.5 Å². The number of rotatable bonds is 2. The molecule has 114 valence electrons. The molecule has 0 aliphatic carbocycles. The van der Waals surface area contributed by atoms with Crippen molar-refractivity contribution in [3.63, 3.8) is 0 Å². The van der Waals surface area contributed by atoms with Crippen LogP contribution in [0, 0.1) is 6.92 Å². The van der Waals surface area contributed by atoms with Crippen molar-refractivity contribution in [2.45, 2.75) is 37.5 Å². The molecular formula is C12H15FN4O4. The van der Waals surface area contributed by atoms with E-state index in [1.165, 1.54) is 17.0 Å². The van der Waals surface area contributed by atoms with Crippen LogP contribution in [0.1, 0.15) is 18.3 Å². The molecule has 1 saturated heterocycles. The van der Waals surface area contributed by atoms with Gasteiger partial charge in [-0.3, -0.25) is 0 Å². The van der Waals surface area contributed by atoms with Crippen LogP contribution >= 0.6 is 0 Å². The van der Waals surface area contributed by atoms with Crippen molar-refractivity contribution < 1.29 is 24.4 Å². The summed E-state index contributed by atoms with van der Waals surface area (Å²) < 4.78 is 21.2. The number of aliphatic hydroxyl groups is 3. The fourth-order valence-electron chi connectivity index (χ4n) is 2.56. The monoisotopic (exact) mass is 298 g/mol. The highest BCUT2D eigenvalue weighted by molar-refractivity contribution is 5.44. The molecular weight excluding hydrogens is 283 g/mol. The van der Waals surface area contributed by atoms with E-state index in [-0.39, 0.29) is 5.69 Å². The van der Waals surface area contributed by atoms with Crippen LogP contribution in [0.4, 0.5) is 4.39 Å². The fourth-order valence-corrected chi connectivity index (χ4v) is 2.56. The largest absolute Gasteiger partial charge is 0.394 e. The summed E-state index contributed by atoms with van der Waals surface area (Å²) in [5.41, 5.74) is -1.75. The number of fused-ring (bicyclic) bond motifs is 1. The lowest BCUT2D eigenvalue weighted by Crippen LogP contribution is -2.49. The molecule has 0 spiro atoms. The summed E-state index contributed by atoms with van der Waals surface area (Å²) in [6.45, 7) is 2.06. The van der Waals surface area contributed by atoms with E-state index in [2.05, 4.69) is 15.1 Å². The Morgan fingerprint density at radius 3 is 2.81 bits per heavy atom. The highest BCUT2D eigenvalue weighted by Crippen LogP contribution is 2.47. The molecule has 1 aliphatic heterocycles. The van der Waals surface area contributed by atoms with E-state index in [0.29, 0.717) is 11.3 Å². The molecule has 0 radical (unpaired) electrons. The quantitative estimate of drug-likeness (QED) is 0.655. The molecule has 0 saturated carbocycles. The van der Waals surface area contributed by atoms with Gasteiger partial charge in [0.15, 0.2) is 11.3 Å². The summed E-state index contributed by atoms with van der Waals surface area (Å²) in [4.78, 5) is 7.99. The van der Waals surface area contributed by atoms with E-state index in [4.69, 9.17) is 9.84 Å². The molecule has 4 atom stereocenters. The molecule has 3 N–H and O–H groups in total. The number of aryl methyl sites for hydroxylation is 1. The number of halogens is 1. The van der Waals surface area contributed by atoms with Gasteiger partial charge < -0.3 is 20.1 Å². The van der Waals surface area contributed by atoms with Crippen molar-refractivity contribution in [1.29, 1.82) is 0 Å². The van der Waals surface area contributed by atoms with Crippen LogP contribution in [0.2, 0.25) is 0 Å². The Kier molecular flexibility index (Phi) is 2.99. The Bertz CT molecular complexity index is 691. The number of alkyl halides is 1. The first-order valence-electron chi connectivity index (χ1n) is 6.36. The second-order valence-electron chi connectivity index (χ2n) is 5.23. The first kappa shape index (κ1) is 14.3. The number of aromatic nitrogens is 4. The minimum Gasteiger partial charge on any atom is -0.394 e. The van der Waals surface area contributed by atoms with E-state index in [1.807, 2.05) is 0 Å². The van der Waals surface area contributed by atoms with Crippen molar-refractivity contribution >= 4 is 5.65 Å². The normalized spacial score (nSPS) is 36.5. The summed E-state index contributed by atoms with van der Waals surface area (Å²) in [5, 5.41) is 33.6. The van der Waals surface area contributed by atoms with E-state index < -0.39 is 30.3 Å². The molecule has 21 heavy (non-hydrogen) atoms. The zero-order valence-corrected chi connectivity index (χ0v) is 11.4. The second kappa shape index (κ2) is 4.41. The average molecular weight is 298 g/mol. The predicted octanol–water partition coefficient (Wildman–Crippen LogP) is -0.942. The maximum atomic E-state index is 14.9. The number of nitrogens with zero attached hydrogens (tertiary/aromatic N) is 4. The standard InChI is InChI=1S/C12H15FN4O4/c1-6-10-14-3-8(17(10)16-5-15-6)12(20)11(2,13)9(19)7(4-18)21-12/h3,5,7,9,18-20H,4H2,1-2H3/t7-,9-,11-,12+/m1/s1. The van der Waals surface area contributed by atoms with Gasteiger partial charge in [0.25, 0.3) is 0 Å². The summed E-state index contributed by atoms with van der Waals surface area (Å²) in [6.07, 6.45) is -0.498. The maximum Gasteiger partial charge on any atom is 0.249 e. The Labute approximate surface area is 118 Å². The SMILES string of the molecule is Cc1ncnn2c([C@]3(O)O[C@H](CO)[C@@H](O)[C@@]3(C)F)cnc12. The van der Waals surface area contributed by atoms with Gasteiger partial charge in [-0.1, -0.05) is 0 Å². The predicted molar refractivity (Wildman–Crippen MR) is 66.9 cm³/mol. The third-order valence-corrected chi connectivity index (χ3v) is 3.90. The van der Waals surface area contributed by atoms with Crippen LogP contribution in [0.25, 0.3) is 5.65 Å². The third-order valence-electron chi connectivity index (χ3n) is 3.90. The van der Waals surface area contributed by atoms with Crippen LogP contribution in [-0.4, -0.2) is 59.4 Å². The van der Waals surface area contributed by atoms with E-state index in [9.17, 15) is 14.6 Å². The molecule has 3 rings (SSSR count). The van der Waals surface area contributed by atoms with Crippen molar-refractivity contribution in [2.75, 3.05) is 6.61 Å². The smallest absolute Gasteiger partial charge is 0.249 e. The number of hydrogen-bond donors (Lipinski definition) is 3. The van der Waals surface area contributed by atoms with Crippen molar-refractivity contribution in [3.8, 4) is 0 Å². The maximum absolute atomic E-state index is 14.9. The molecule has 1 fully saturated rings. The van der Waals surface area contributed by atoms with Crippen LogP contribution in [0.5, 0.6) is 0 Å². The molecule has 3 heterocycles. The molecule has 2 aromatic rings. The highest BCUT2D eigenvalue weighted by atomic mass is 19.1. The van der Waals surface area contributed by atoms with Gasteiger partial charge in [-0.2, -0.15) is 5.10 Å². The molecule has 1 aliphatic rings. The zero-order valence-electron chi connectivity index (χ0n) is 11.4. The van der Waals surface area contributed by atoms with E-state index in [0.717, 1.165) is 6.92 Å². The summed E-state index contributed by atoms with van der Waals surface area (Å²) >= 11 is 0. The molecule has 8 nitrogen and oxygen atoms in total. The van der Waals surface area contributed by atoms with Gasteiger partial charge in [-0.05, 0) is 13.8 Å². The molecule has 2 aromatic heterocycles. The van der Waals surface area contributed by atoms with Crippen molar-refractivity contribution in [3.05, 3.63) is 23.9 Å². The number of aliphatic hydroxyl groups excluding tert-OH is 2. The molecule has 0 amide bonds. The van der Waals surface area contributed by atoms with Crippen molar-refractivity contribution in [2.24, 2.45) is 0 Å². The second-order valence-corrected chi connectivity index (χ2v) is 5.23. The topological polar surface area (TPSA) is 113 Å². The van der Waals surface area contributed by atoms with Gasteiger partial charge in [-0.15, -0.1) is 0 Å². The fraction of sp³-hybridized carbons (Fsp3) is 0.583. The summed E-state index contributed by atoms with van der Waals surface area (Å²) in [7, 11) is 0. The third kappa shape index (κ3) is 1.72. The molecule has 0 bridgehead atoms.